The molecular formula is C31H26O6. The van der Waals surface area contributed by atoms with E-state index in [0.717, 1.165) is 16.7 Å². The molecule has 0 aliphatic carbocycles. The fraction of sp³-hybridized carbons (Fsp3) is 0.129. The molecule has 6 heteroatoms. The molecule has 0 saturated heterocycles. The normalized spacial score (nSPS) is 10.4. The Balaban J connectivity index is 1.23. The van der Waals surface area contributed by atoms with Gasteiger partial charge in [0.2, 0.25) is 0 Å². The summed E-state index contributed by atoms with van der Waals surface area (Å²) in [5.74, 6) is -0.580. The zero-order valence-corrected chi connectivity index (χ0v) is 20.6. The van der Waals surface area contributed by atoms with Crippen molar-refractivity contribution in [1.82, 2.24) is 0 Å². The first kappa shape index (κ1) is 25.4. The van der Waals surface area contributed by atoms with Crippen molar-refractivity contribution in [2.45, 2.75) is 20.3 Å². The summed E-state index contributed by atoms with van der Waals surface area (Å²) in [5.41, 5.74) is 4.34. The third-order valence-corrected chi connectivity index (χ3v) is 5.63. The lowest BCUT2D eigenvalue weighted by Crippen LogP contribution is -2.10. The van der Waals surface area contributed by atoms with Crippen LogP contribution in [0.5, 0.6) is 11.5 Å². The molecule has 4 aromatic carbocycles. The zero-order chi connectivity index (χ0) is 26.2. The van der Waals surface area contributed by atoms with Crippen molar-refractivity contribution in [3.05, 3.63) is 130 Å². The number of benzene rings is 4. The molecule has 0 amide bonds. The summed E-state index contributed by atoms with van der Waals surface area (Å²) in [4.78, 5) is 36.8. The lowest BCUT2D eigenvalue weighted by molar-refractivity contribution is 0.0508. The standard InChI is InChI=1S/C31H26O6/c1-21-3-9-25(10-4-21)30(33)36-27-15-7-23(8-16-27)19-20-35-29(32)24-13-17-28(18-14-24)37-31(34)26-11-5-22(2)6-12-26/h3-18H,19-20H2,1-2H3. The maximum atomic E-state index is 12.4. The van der Waals surface area contributed by atoms with Crippen molar-refractivity contribution in [3.63, 3.8) is 0 Å². The first-order valence-corrected chi connectivity index (χ1v) is 11.8. The third kappa shape index (κ3) is 7.15. The zero-order valence-electron chi connectivity index (χ0n) is 20.6. The van der Waals surface area contributed by atoms with Crippen LogP contribution in [0.3, 0.4) is 0 Å². The summed E-state index contributed by atoms with van der Waals surface area (Å²) in [5, 5.41) is 0. The minimum atomic E-state index is -0.472. The Morgan fingerprint density at radius 1 is 0.514 bits per heavy atom. The van der Waals surface area contributed by atoms with Crippen LogP contribution in [0.2, 0.25) is 0 Å². The number of esters is 3. The van der Waals surface area contributed by atoms with Crippen LogP contribution in [0.1, 0.15) is 47.8 Å². The van der Waals surface area contributed by atoms with E-state index in [1.807, 2.05) is 50.2 Å². The molecule has 4 aromatic rings. The molecule has 0 fully saturated rings. The van der Waals surface area contributed by atoms with Gasteiger partial charge in [-0.05, 0) is 80.1 Å². The van der Waals surface area contributed by atoms with Crippen LogP contribution < -0.4 is 9.47 Å². The number of ether oxygens (including phenoxy) is 3. The monoisotopic (exact) mass is 494 g/mol. The van der Waals surface area contributed by atoms with Gasteiger partial charge in [-0.2, -0.15) is 0 Å². The quantitative estimate of drug-likeness (QED) is 0.216. The van der Waals surface area contributed by atoms with E-state index in [0.29, 0.717) is 34.6 Å². The molecule has 37 heavy (non-hydrogen) atoms. The molecule has 0 atom stereocenters. The van der Waals surface area contributed by atoms with Gasteiger partial charge in [-0.15, -0.1) is 0 Å². The van der Waals surface area contributed by atoms with Gasteiger partial charge in [-0.1, -0.05) is 47.5 Å². The van der Waals surface area contributed by atoms with Crippen LogP contribution in [0.4, 0.5) is 0 Å². The van der Waals surface area contributed by atoms with Gasteiger partial charge in [0, 0.05) is 6.42 Å². The number of carbonyl (C=O) groups excluding carboxylic acids is 3. The smallest absolute Gasteiger partial charge is 0.343 e. The molecule has 0 saturated carbocycles. The Kier molecular flexibility index (Phi) is 8.11. The first-order valence-electron chi connectivity index (χ1n) is 11.8. The van der Waals surface area contributed by atoms with Crippen LogP contribution in [-0.4, -0.2) is 24.5 Å². The molecule has 0 aliphatic heterocycles. The Morgan fingerprint density at radius 2 is 0.892 bits per heavy atom. The predicted octanol–water partition coefficient (Wildman–Crippen LogP) is 6.14. The number of hydrogen-bond donors (Lipinski definition) is 0. The molecule has 0 bridgehead atoms. The highest BCUT2D eigenvalue weighted by molar-refractivity contribution is 5.92. The van der Waals surface area contributed by atoms with Crippen molar-refractivity contribution in [3.8, 4) is 11.5 Å². The van der Waals surface area contributed by atoms with Crippen molar-refractivity contribution in [2.75, 3.05) is 6.61 Å². The minimum Gasteiger partial charge on any atom is -0.462 e. The lowest BCUT2D eigenvalue weighted by atomic mass is 10.1. The van der Waals surface area contributed by atoms with Gasteiger partial charge in [0.1, 0.15) is 11.5 Å². The van der Waals surface area contributed by atoms with E-state index in [9.17, 15) is 14.4 Å². The van der Waals surface area contributed by atoms with Crippen molar-refractivity contribution < 1.29 is 28.6 Å². The second-order valence-electron chi connectivity index (χ2n) is 8.57. The SMILES string of the molecule is Cc1ccc(C(=O)Oc2ccc(CCOC(=O)c3ccc(OC(=O)c4ccc(C)cc4)cc3)cc2)cc1. The minimum absolute atomic E-state index is 0.186. The summed E-state index contributed by atoms with van der Waals surface area (Å²) in [6, 6.07) is 27.5. The maximum absolute atomic E-state index is 12.4. The van der Waals surface area contributed by atoms with Crippen LogP contribution in [0.25, 0.3) is 0 Å². The third-order valence-electron chi connectivity index (χ3n) is 5.63. The van der Waals surface area contributed by atoms with Crippen molar-refractivity contribution >= 4 is 17.9 Å². The van der Waals surface area contributed by atoms with Gasteiger partial charge in [0.15, 0.2) is 0 Å². The highest BCUT2D eigenvalue weighted by Gasteiger charge is 2.12. The highest BCUT2D eigenvalue weighted by Crippen LogP contribution is 2.17. The Hall–Kier alpha value is -4.71. The highest BCUT2D eigenvalue weighted by atomic mass is 16.5. The van der Waals surface area contributed by atoms with E-state index in [1.165, 1.54) is 0 Å². The Labute approximate surface area is 215 Å². The van der Waals surface area contributed by atoms with E-state index >= 15 is 0 Å². The molecule has 0 unspecified atom stereocenters. The van der Waals surface area contributed by atoms with E-state index in [4.69, 9.17) is 14.2 Å². The van der Waals surface area contributed by atoms with Crippen LogP contribution in [-0.2, 0) is 11.2 Å². The molecular weight excluding hydrogens is 468 g/mol. The second-order valence-corrected chi connectivity index (χ2v) is 8.57. The Morgan fingerprint density at radius 3 is 1.35 bits per heavy atom. The number of aryl methyl sites for hydroxylation is 2. The van der Waals surface area contributed by atoms with Gasteiger partial charge >= 0.3 is 17.9 Å². The van der Waals surface area contributed by atoms with E-state index in [-0.39, 0.29) is 6.61 Å². The first-order chi connectivity index (χ1) is 17.9. The molecule has 186 valence electrons. The van der Waals surface area contributed by atoms with Gasteiger partial charge in [0.05, 0.1) is 23.3 Å². The number of rotatable bonds is 8. The van der Waals surface area contributed by atoms with Gasteiger partial charge in [0.25, 0.3) is 0 Å². The van der Waals surface area contributed by atoms with Crippen molar-refractivity contribution in [1.29, 1.82) is 0 Å². The summed E-state index contributed by atoms with van der Waals surface area (Å²) < 4.78 is 16.1. The summed E-state index contributed by atoms with van der Waals surface area (Å²) >= 11 is 0. The molecule has 0 aromatic heterocycles. The van der Waals surface area contributed by atoms with Gasteiger partial charge < -0.3 is 14.2 Å². The van der Waals surface area contributed by atoms with E-state index in [1.54, 1.807) is 60.7 Å². The van der Waals surface area contributed by atoms with Crippen molar-refractivity contribution in [2.24, 2.45) is 0 Å². The fourth-order valence-electron chi connectivity index (χ4n) is 3.44. The topological polar surface area (TPSA) is 78.9 Å². The molecule has 0 heterocycles. The summed E-state index contributed by atoms with van der Waals surface area (Å²) in [6.45, 7) is 4.08. The molecule has 0 radical (unpaired) electrons. The summed E-state index contributed by atoms with van der Waals surface area (Å²) in [7, 11) is 0. The predicted molar refractivity (Wildman–Crippen MR) is 139 cm³/mol. The molecule has 6 nitrogen and oxygen atoms in total. The van der Waals surface area contributed by atoms with Gasteiger partial charge in [-0.3, -0.25) is 0 Å². The summed E-state index contributed by atoms with van der Waals surface area (Å²) in [6.07, 6.45) is 0.504. The van der Waals surface area contributed by atoms with Crippen LogP contribution in [0.15, 0.2) is 97.1 Å². The molecule has 4 rings (SSSR count). The number of carbonyl (C=O) groups is 3. The van der Waals surface area contributed by atoms with E-state index in [2.05, 4.69) is 0 Å². The molecule has 0 aliphatic rings. The fourth-order valence-corrected chi connectivity index (χ4v) is 3.44. The van der Waals surface area contributed by atoms with Crippen LogP contribution >= 0.6 is 0 Å². The van der Waals surface area contributed by atoms with Gasteiger partial charge in [-0.25, -0.2) is 14.4 Å². The second kappa shape index (κ2) is 11.8. The van der Waals surface area contributed by atoms with Crippen LogP contribution in [0, 0.1) is 13.8 Å². The molecule has 0 N–H and O–H groups in total. The largest absolute Gasteiger partial charge is 0.462 e. The number of hydrogen-bond acceptors (Lipinski definition) is 6. The Bertz CT molecular complexity index is 1370. The lowest BCUT2D eigenvalue weighted by Gasteiger charge is -2.08. The average Bonchev–Trinajstić information content (AvgIpc) is 2.90. The van der Waals surface area contributed by atoms with E-state index < -0.39 is 17.9 Å². The molecule has 0 spiro atoms. The maximum Gasteiger partial charge on any atom is 0.343 e. The average molecular weight is 495 g/mol.